The maximum absolute atomic E-state index is 13.2. The third-order valence-electron chi connectivity index (χ3n) is 5.79. The first-order valence-corrected chi connectivity index (χ1v) is 11.7. The Labute approximate surface area is 204 Å². The maximum Gasteiger partial charge on any atom is 0.295 e. The molecule has 0 radical (unpaired) electrons. The first-order valence-electron chi connectivity index (χ1n) is 11.3. The van der Waals surface area contributed by atoms with Crippen LogP contribution < -0.4 is 4.74 Å². The lowest BCUT2D eigenvalue weighted by atomic mass is 9.95. The molecule has 34 heavy (non-hydrogen) atoms. The van der Waals surface area contributed by atoms with Gasteiger partial charge in [0.05, 0.1) is 18.2 Å². The number of nitrogens with zero attached hydrogens (tertiary/aromatic N) is 1. The van der Waals surface area contributed by atoms with E-state index in [1.165, 1.54) is 4.90 Å². The zero-order valence-corrected chi connectivity index (χ0v) is 19.7. The summed E-state index contributed by atoms with van der Waals surface area (Å²) in [5.74, 6) is -0.942. The SMILES string of the molecule is CCCCOc1cccc(C2C(=C(O)c3ccc(Cl)cc3)C(=O)C(=O)N2Cc2ccccc2)c1. The van der Waals surface area contributed by atoms with E-state index in [0.29, 0.717) is 28.5 Å². The van der Waals surface area contributed by atoms with E-state index in [4.69, 9.17) is 16.3 Å². The highest BCUT2D eigenvalue weighted by molar-refractivity contribution is 6.46. The van der Waals surface area contributed by atoms with Crippen molar-refractivity contribution in [1.82, 2.24) is 4.90 Å². The Morgan fingerprint density at radius 3 is 2.44 bits per heavy atom. The van der Waals surface area contributed by atoms with Crippen LogP contribution in [0.15, 0.2) is 84.4 Å². The number of hydrogen-bond acceptors (Lipinski definition) is 4. The van der Waals surface area contributed by atoms with E-state index >= 15 is 0 Å². The van der Waals surface area contributed by atoms with Gasteiger partial charge >= 0.3 is 0 Å². The molecule has 0 spiro atoms. The molecule has 174 valence electrons. The van der Waals surface area contributed by atoms with E-state index in [0.717, 1.165) is 18.4 Å². The monoisotopic (exact) mass is 475 g/mol. The summed E-state index contributed by atoms with van der Waals surface area (Å²) >= 11 is 5.99. The van der Waals surface area contributed by atoms with Gasteiger partial charge in [-0.25, -0.2) is 0 Å². The van der Waals surface area contributed by atoms with Crippen molar-refractivity contribution < 1.29 is 19.4 Å². The van der Waals surface area contributed by atoms with Crippen molar-refractivity contribution >= 4 is 29.1 Å². The van der Waals surface area contributed by atoms with Gasteiger partial charge in [-0.3, -0.25) is 9.59 Å². The van der Waals surface area contributed by atoms with Crippen LogP contribution in [0.1, 0.15) is 42.5 Å². The van der Waals surface area contributed by atoms with E-state index in [2.05, 4.69) is 6.92 Å². The van der Waals surface area contributed by atoms with Crippen LogP contribution in [0.25, 0.3) is 5.76 Å². The summed E-state index contributed by atoms with van der Waals surface area (Å²) < 4.78 is 5.87. The van der Waals surface area contributed by atoms with Gasteiger partial charge < -0.3 is 14.7 Å². The molecule has 1 N–H and O–H groups in total. The molecule has 0 aliphatic carbocycles. The van der Waals surface area contributed by atoms with Gasteiger partial charge in [0.15, 0.2) is 0 Å². The molecule has 1 aliphatic heterocycles. The molecule has 0 saturated carbocycles. The largest absolute Gasteiger partial charge is 0.507 e. The Morgan fingerprint density at radius 2 is 1.74 bits per heavy atom. The molecule has 1 saturated heterocycles. The zero-order chi connectivity index (χ0) is 24.1. The van der Waals surface area contributed by atoms with Gasteiger partial charge in [0, 0.05) is 17.1 Å². The molecule has 0 bridgehead atoms. The van der Waals surface area contributed by atoms with E-state index in [9.17, 15) is 14.7 Å². The molecule has 3 aromatic rings. The first kappa shape index (κ1) is 23.6. The predicted molar refractivity (Wildman–Crippen MR) is 133 cm³/mol. The lowest BCUT2D eigenvalue weighted by Gasteiger charge is -2.26. The van der Waals surface area contributed by atoms with Crippen LogP contribution in [-0.4, -0.2) is 28.3 Å². The molecule has 1 fully saturated rings. The lowest BCUT2D eigenvalue weighted by Crippen LogP contribution is -2.29. The maximum atomic E-state index is 13.2. The van der Waals surface area contributed by atoms with Crippen LogP contribution in [0.4, 0.5) is 0 Å². The number of amides is 1. The van der Waals surface area contributed by atoms with Crippen molar-refractivity contribution in [2.24, 2.45) is 0 Å². The summed E-state index contributed by atoms with van der Waals surface area (Å²) in [5, 5.41) is 11.7. The molecular formula is C28H26ClNO4. The smallest absolute Gasteiger partial charge is 0.295 e. The normalized spacial score (nSPS) is 17.2. The van der Waals surface area contributed by atoms with Crippen LogP contribution in [0, 0.1) is 0 Å². The average molecular weight is 476 g/mol. The van der Waals surface area contributed by atoms with Gasteiger partial charge in [-0.15, -0.1) is 0 Å². The van der Waals surface area contributed by atoms with E-state index in [1.54, 1.807) is 24.3 Å². The third kappa shape index (κ3) is 5.00. The number of likely N-dealkylation sites (tertiary alicyclic amines) is 1. The first-order chi connectivity index (χ1) is 16.5. The van der Waals surface area contributed by atoms with Crippen molar-refractivity contribution in [2.75, 3.05) is 6.61 Å². The number of halogens is 1. The van der Waals surface area contributed by atoms with Gasteiger partial charge in [-0.2, -0.15) is 0 Å². The number of rotatable bonds is 8. The highest BCUT2D eigenvalue weighted by atomic mass is 35.5. The fourth-order valence-electron chi connectivity index (χ4n) is 4.04. The number of ether oxygens (including phenoxy) is 1. The Bertz CT molecular complexity index is 1200. The summed E-state index contributed by atoms with van der Waals surface area (Å²) in [7, 11) is 0. The summed E-state index contributed by atoms with van der Waals surface area (Å²) in [5.41, 5.74) is 2.05. The molecule has 3 aromatic carbocycles. The summed E-state index contributed by atoms with van der Waals surface area (Å²) in [6.45, 7) is 2.90. The quantitative estimate of drug-likeness (QED) is 0.184. The number of carbonyl (C=O) groups excluding carboxylic acids is 2. The molecular weight excluding hydrogens is 450 g/mol. The number of aliphatic hydroxyl groups excluding tert-OH is 1. The van der Waals surface area contributed by atoms with Crippen LogP contribution in [0.3, 0.4) is 0 Å². The third-order valence-corrected chi connectivity index (χ3v) is 6.05. The number of aliphatic hydroxyl groups is 1. The Balaban J connectivity index is 1.80. The van der Waals surface area contributed by atoms with Gasteiger partial charge in [-0.05, 0) is 53.9 Å². The molecule has 0 aromatic heterocycles. The minimum absolute atomic E-state index is 0.0500. The molecule has 4 rings (SSSR count). The number of unbranched alkanes of at least 4 members (excludes halogenated alkanes) is 1. The van der Waals surface area contributed by atoms with Gasteiger partial charge in [-0.1, -0.05) is 67.4 Å². The second kappa shape index (κ2) is 10.6. The highest BCUT2D eigenvalue weighted by Gasteiger charge is 2.46. The Hall–Kier alpha value is -3.57. The van der Waals surface area contributed by atoms with E-state index in [1.807, 2.05) is 54.6 Å². The van der Waals surface area contributed by atoms with Crippen LogP contribution in [0.2, 0.25) is 5.02 Å². The van der Waals surface area contributed by atoms with Gasteiger partial charge in [0.25, 0.3) is 11.7 Å². The van der Waals surface area contributed by atoms with E-state index < -0.39 is 17.7 Å². The minimum Gasteiger partial charge on any atom is -0.507 e. The summed E-state index contributed by atoms with van der Waals surface area (Å²) in [6.07, 6.45) is 1.94. The second-order valence-corrected chi connectivity index (χ2v) is 8.63. The molecule has 1 aliphatic rings. The van der Waals surface area contributed by atoms with Crippen LogP contribution in [-0.2, 0) is 16.1 Å². The van der Waals surface area contributed by atoms with Crippen molar-refractivity contribution in [1.29, 1.82) is 0 Å². The molecule has 1 amide bonds. The molecule has 6 heteroatoms. The van der Waals surface area contributed by atoms with Crippen LogP contribution >= 0.6 is 11.6 Å². The summed E-state index contributed by atoms with van der Waals surface area (Å²) in [4.78, 5) is 27.9. The average Bonchev–Trinajstić information content (AvgIpc) is 3.10. The topological polar surface area (TPSA) is 66.8 Å². The molecule has 1 atom stereocenters. The Kier molecular flexibility index (Phi) is 7.33. The van der Waals surface area contributed by atoms with Crippen LogP contribution in [0.5, 0.6) is 5.75 Å². The molecule has 5 nitrogen and oxygen atoms in total. The predicted octanol–water partition coefficient (Wildman–Crippen LogP) is 6.14. The number of Topliss-reactive ketones (excluding diaryl/α,β-unsaturated/α-hetero) is 1. The summed E-state index contributed by atoms with van der Waals surface area (Å²) in [6, 6.07) is 22.6. The van der Waals surface area contributed by atoms with E-state index in [-0.39, 0.29) is 17.9 Å². The minimum atomic E-state index is -0.759. The highest BCUT2D eigenvalue weighted by Crippen LogP contribution is 2.41. The number of carbonyl (C=O) groups is 2. The van der Waals surface area contributed by atoms with Crippen molar-refractivity contribution in [2.45, 2.75) is 32.4 Å². The molecule has 1 heterocycles. The van der Waals surface area contributed by atoms with Crippen molar-refractivity contribution in [3.8, 4) is 5.75 Å². The Morgan fingerprint density at radius 1 is 1.00 bits per heavy atom. The van der Waals surface area contributed by atoms with Crippen molar-refractivity contribution in [3.05, 3.63) is 106 Å². The fourth-order valence-corrected chi connectivity index (χ4v) is 4.17. The lowest BCUT2D eigenvalue weighted by molar-refractivity contribution is -0.140. The fraction of sp³-hybridized carbons (Fsp3) is 0.214. The number of benzene rings is 3. The standard InChI is InChI=1S/C28H26ClNO4/c1-2-3-16-34-23-11-7-10-21(17-23)25-24(26(31)20-12-14-22(29)15-13-20)27(32)28(33)30(25)18-19-8-5-4-6-9-19/h4-15,17,25,31H,2-3,16,18H2,1H3. The number of ketones is 1. The van der Waals surface area contributed by atoms with Gasteiger partial charge in [0.1, 0.15) is 11.5 Å². The second-order valence-electron chi connectivity index (χ2n) is 8.19. The van der Waals surface area contributed by atoms with Crippen molar-refractivity contribution in [3.63, 3.8) is 0 Å². The number of hydrogen-bond donors (Lipinski definition) is 1. The molecule has 1 unspecified atom stereocenters. The zero-order valence-electron chi connectivity index (χ0n) is 18.9. The van der Waals surface area contributed by atoms with Gasteiger partial charge in [0.2, 0.25) is 0 Å².